The Morgan fingerprint density at radius 2 is 1.89 bits per heavy atom. The van der Waals surface area contributed by atoms with Crippen LogP contribution in [0.2, 0.25) is 0 Å². The molecule has 0 fully saturated rings. The van der Waals surface area contributed by atoms with Gasteiger partial charge in [0.2, 0.25) is 0 Å². The van der Waals surface area contributed by atoms with E-state index < -0.39 is 15.9 Å². The fourth-order valence-corrected chi connectivity index (χ4v) is 3.37. The molecule has 0 atom stereocenters. The number of benzene rings is 2. The maximum atomic E-state index is 12.6. The predicted octanol–water partition coefficient (Wildman–Crippen LogP) is 2.85. The summed E-state index contributed by atoms with van der Waals surface area (Å²) in [6.45, 7) is 0. The molecule has 0 spiro atoms. The van der Waals surface area contributed by atoms with E-state index in [1.54, 1.807) is 36.4 Å². The lowest BCUT2D eigenvalue weighted by atomic mass is 10.2. The molecular formula is C19H17N3O5S. The SMILES string of the molecule is COc1ccc(NS(=O)(=O)c2cccc(C(=O)N/N=C/c3ccco3)c2)cc1. The summed E-state index contributed by atoms with van der Waals surface area (Å²) >= 11 is 0. The van der Waals surface area contributed by atoms with Gasteiger partial charge in [0.1, 0.15) is 11.5 Å². The van der Waals surface area contributed by atoms with Crippen molar-refractivity contribution in [1.82, 2.24) is 5.43 Å². The molecule has 0 bridgehead atoms. The van der Waals surface area contributed by atoms with Crippen molar-refractivity contribution in [3.63, 3.8) is 0 Å². The number of furan rings is 1. The summed E-state index contributed by atoms with van der Waals surface area (Å²) < 4.78 is 37.7. The molecule has 0 unspecified atom stereocenters. The molecule has 1 amide bonds. The molecular weight excluding hydrogens is 382 g/mol. The lowest BCUT2D eigenvalue weighted by Crippen LogP contribution is -2.19. The van der Waals surface area contributed by atoms with Gasteiger partial charge in [0, 0.05) is 11.3 Å². The van der Waals surface area contributed by atoms with E-state index in [1.165, 1.54) is 43.9 Å². The van der Waals surface area contributed by atoms with Crippen LogP contribution in [0.3, 0.4) is 0 Å². The Kier molecular flexibility index (Phi) is 5.75. The highest BCUT2D eigenvalue weighted by Crippen LogP contribution is 2.20. The first-order chi connectivity index (χ1) is 13.5. The Bertz CT molecular complexity index is 1080. The van der Waals surface area contributed by atoms with E-state index in [-0.39, 0.29) is 10.5 Å². The highest BCUT2D eigenvalue weighted by molar-refractivity contribution is 7.92. The number of methoxy groups -OCH3 is 1. The molecule has 1 aromatic heterocycles. The summed E-state index contributed by atoms with van der Waals surface area (Å²) in [7, 11) is -2.35. The quantitative estimate of drug-likeness (QED) is 0.469. The fourth-order valence-electron chi connectivity index (χ4n) is 2.26. The Hall–Kier alpha value is -3.59. The van der Waals surface area contributed by atoms with Gasteiger partial charge < -0.3 is 9.15 Å². The maximum absolute atomic E-state index is 12.6. The van der Waals surface area contributed by atoms with Crippen molar-refractivity contribution in [1.29, 1.82) is 0 Å². The number of hydrogen-bond acceptors (Lipinski definition) is 6. The van der Waals surface area contributed by atoms with Crippen LogP contribution in [-0.4, -0.2) is 27.6 Å². The molecule has 1 heterocycles. The molecule has 0 aliphatic heterocycles. The number of anilines is 1. The van der Waals surface area contributed by atoms with E-state index >= 15 is 0 Å². The van der Waals surface area contributed by atoms with Crippen LogP contribution >= 0.6 is 0 Å². The summed E-state index contributed by atoms with van der Waals surface area (Å²) in [4.78, 5) is 12.1. The molecule has 0 aliphatic carbocycles. The molecule has 9 heteroatoms. The first-order valence-electron chi connectivity index (χ1n) is 8.12. The molecule has 3 rings (SSSR count). The number of nitrogens with zero attached hydrogens (tertiary/aromatic N) is 1. The zero-order chi connectivity index (χ0) is 20.0. The normalized spacial score (nSPS) is 11.3. The van der Waals surface area contributed by atoms with Gasteiger partial charge in [-0.05, 0) is 54.6 Å². The van der Waals surface area contributed by atoms with Gasteiger partial charge in [-0.25, -0.2) is 13.8 Å². The summed E-state index contributed by atoms with van der Waals surface area (Å²) in [5.74, 6) is 0.529. The van der Waals surface area contributed by atoms with Crippen molar-refractivity contribution in [3.8, 4) is 5.75 Å². The van der Waals surface area contributed by atoms with Crippen molar-refractivity contribution in [3.05, 3.63) is 78.3 Å². The lowest BCUT2D eigenvalue weighted by Gasteiger charge is -2.09. The molecule has 0 aliphatic rings. The number of sulfonamides is 1. The van der Waals surface area contributed by atoms with Crippen LogP contribution in [0.4, 0.5) is 5.69 Å². The molecule has 2 N–H and O–H groups in total. The van der Waals surface area contributed by atoms with E-state index in [0.717, 1.165) is 0 Å². The van der Waals surface area contributed by atoms with Gasteiger partial charge in [-0.3, -0.25) is 9.52 Å². The Balaban J connectivity index is 1.72. The number of rotatable bonds is 7. The third-order valence-corrected chi connectivity index (χ3v) is 5.03. The first-order valence-corrected chi connectivity index (χ1v) is 9.60. The van der Waals surface area contributed by atoms with Gasteiger partial charge in [0.05, 0.1) is 24.5 Å². The fraction of sp³-hybridized carbons (Fsp3) is 0.0526. The lowest BCUT2D eigenvalue weighted by molar-refractivity contribution is 0.0955. The highest BCUT2D eigenvalue weighted by Gasteiger charge is 2.16. The van der Waals surface area contributed by atoms with Crippen LogP contribution < -0.4 is 14.9 Å². The van der Waals surface area contributed by atoms with Crippen molar-refractivity contribution in [2.45, 2.75) is 4.90 Å². The number of amides is 1. The Morgan fingerprint density at radius 1 is 1.11 bits per heavy atom. The molecule has 0 radical (unpaired) electrons. The second-order valence-corrected chi connectivity index (χ2v) is 7.26. The van der Waals surface area contributed by atoms with Crippen molar-refractivity contribution in [2.75, 3.05) is 11.8 Å². The third-order valence-electron chi connectivity index (χ3n) is 3.65. The minimum Gasteiger partial charge on any atom is -0.497 e. The van der Waals surface area contributed by atoms with E-state index in [4.69, 9.17) is 9.15 Å². The number of hydrogen-bond donors (Lipinski definition) is 2. The van der Waals surface area contributed by atoms with Gasteiger partial charge in [-0.1, -0.05) is 6.07 Å². The first kappa shape index (κ1) is 19.2. The van der Waals surface area contributed by atoms with Gasteiger partial charge in [0.15, 0.2) is 0 Å². The van der Waals surface area contributed by atoms with Crippen molar-refractivity contribution < 1.29 is 22.4 Å². The monoisotopic (exact) mass is 399 g/mol. The standard InChI is InChI=1S/C19H17N3O5S/c1-26-16-9-7-15(8-10-16)22-28(24,25)18-6-2-4-14(12-18)19(23)21-20-13-17-5-3-11-27-17/h2-13,22H,1H3,(H,21,23)/b20-13+. The minimum absolute atomic E-state index is 0.0500. The maximum Gasteiger partial charge on any atom is 0.271 e. The number of carbonyl (C=O) groups is 1. The second kappa shape index (κ2) is 8.40. The summed E-state index contributed by atoms with van der Waals surface area (Å²) in [6.07, 6.45) is 2.82. The van der Waals surface area contributed by atoms with Crippen molar-refractivity contribution >= 4 is 27.8 Å². The van der Waals surface area contributed by atoms with Crippen LogP contribution in [0.5, 0.6) is 5.75 Å². The molecule has 144 valence electrons. The number of nitrogens with one attached hydrogen (secondary N) is 2. The van der Waals surface area contributed by atoms with Gasteiger partial charge in [-0.15, -0.1) is 0 Å². The number of hydrazone groups is 1. The zero-order valence-corrected chi connectivity index (χ0v) is 15.6. The van der Waals surface area contributed by atoms with Crippen LogP contribution in [0.1, 0.15) is 16.1 Å². The van der Waals surface area contributed by atoms with Gasteiger partial charge >= 0.3 is 0 Å². The molecule has 0 saturated heterocycles. The highest BCUT2D eigenvalue weighted by atomic mass is 32.2. The van der Waals surface area contributed by atoms with Crippen LogP contribution in [-0.2, 0) is 10.0 Å². The molecule has 3 aromatic rings. The molecule has 28 heavy (non-hydrogen) atoms. The van der Waals surface area contributed by atoms with Crippen LogP contribution in [0.15, 0.2) is 81.3 Å². The summed E-state index contributed by atoms with van der Waals surface area (Å²) in [6, 6.07) is 15.4. The Labute approximate surface area is 161 Å². The third kappa shape index (κ3) is 4.77. The predicted molar refractivity (Wildman–Crippen MR) is 104 cm³/mol. The topological polar surface area (TPSA) is 110 Å². The molecule has 8 nitrogen and oxygen atoms in total. The van der Waals surface area contributed by atoms with E-state index in [2.05, 4.69) is 15.2 Å². The van der Waals surface area contributed by atoms with Crippen LogP contribution in [0, 0.1) is 0 Å². The largest absolute Gasteiger partial charge is 0.497 e. The Morgan fingerprint density at radius 3 is 2.57 bits per heavy atom. The molecule has 0 saturated carbocycles. The average Bonchev–Trinajstić information content (AvgIpc) is 3.22. The van der Waals surface area contributed by atoms with Gasteiger partial charge in [-0.2, -0.15) is 5.10 Å². The number of carbonyl (C=O) groups excluding carboxylic acids is 1. The van der Waals surface area contributed by atoms with E-state index in [1.807, 2.05) is 0 Å². The van der Waals surface area contributed by atoms with E-state index in [0.29, 0.717) is 17.2 Å². The van der Waals surface area contributed by atoms with Crippen molar-refractivity contribution in [2.24, 2.45) is 5.10 Å². The second-order valence-electron chi connectivity index (χ2n) is 5.58. The number of ether oxygens (including phenoxy) is 1. The minimum atomic E-state index is -3.87. The summed E-state index contributed by atoms with van der Waals surface area (Å²) in [5.41, 5.74) is 2.84. The van der Waals surface area contributed by atoms with Gasteiger partial charge in [0.25, 0.3) is 15.9 Å². The van der Waals surface area contributed by atoms with E-state index in [9.17, 15) is 13.2 Å². The van der Waals surface area contributed by atoms with Crippen LogP contribution in [0.25, 0.3) is 0 Å². The molecule has 2 aromatic carbocycles. The smallest absolute Gasteiger partial charge is 0.271 e. The zero-order valence-electron chi connectivity index (χ0n) is 14.8. The average molecular weight is 399 g/mol. The summed E-state index contributed by atoms with van der Waals surface area (Å²) in [5, 5.41) is 3.77.